The second-order valence-electron chi connectivity index (χ2n) is 14.0. The average Bonchev–Trinajstić information content (AvgIpc) is 3.32. The topological polar surface area (TPSA) is 46.6 Å². The number of piperazine rings is 1. The van der Waals surface area contributed by atoms with E-state index in [9.17, 15) is 0 Å². The molecule has 0 atom stereocenters. The molecule has 266 valence electrons. The summed E-state index contributed by atoms with van der Waals surface area (Å²) in [7, 11) is 6.78. The Morgan fingerprint density at radius 2 is 1.12 bits per heavy atom. The number of benzene rings is 4. The van der Waals surface area contributed by atoms with Crippen LogP contribution in [-0.2, 0) is 18.5 Å². The van der Waals surface area contributed by atoms with Crippen LogP contribution in [-0.4, -0.2) is 89.0 Å². The van der Waals surface area contributed by atoms with Gasteiger partial charge in [-0.2, -0.15) is 0 Å². The summed E-state index contributed by atoms with van der Waals surface area (Å²) in [6, 6.07) is 30.5. The van der Waals surface area contributed by atoms with Crippen molar-refractivity contribution >= 4 is 0 Å². The first-order valence-electron chi connectivity index (χ1n) is 18.2. The van der Waals surface area contributed by atoms with Crippen molar-refractivity contribution in [1.82, 2.24) is 14.7 Å². The molecule has 0 radical (unpaired) electrons. The smallest absolute Gasteiger partial charge is 0.203 e. The highest BCUT2D eigenvalue weighted by atomic mass is 16.5. The van der Waals surface area contributed by atoms with Crippen molar-refractivity contribution in [1.29, 1.82) is 0 Å². The second-order valence-corrected chi connectivity index (χ2v) is 14.0. The molecule has 7 heteroatoms. The van der Waals surface area contributed by atoms with Crippen LogP contribution in [0.25, 0.3) is 11.1 Å². The molecule has 4 aromatic carbocycles. The normalized spacial score (nSPS) is 15.5. The summed E-state index contributed by atoms with van der Waals surface area (Å²) < 4.78 is 23.1. The molecule has 50 heavy (non-hydrogen) atoms. The summed E-state index contributed by atoms with van der Waals surface area (Å²) in [5.41, 5.74) is 7.49. The molecule has 4 aromatic rings. The molecule has 2 aliphatic rings. The van der Waals surface area contributed by atoms with E-state index in [4.69, 9.17) is 18.9 Å². The minimum atomic E-state index is 0.0267. The van der Waals surface area contributed by atoms with Crippen LogP contribution >= 0.6 is 0 Å². The van der Waals surface area contributed by atoms with E-state index in [0.29, 0.717) is 11.5 Å². The van der Waals surface area contributed by atoms with Gasteiger partial charge in [-0.25, -0.2) is 0 Å². The van der Waals surface area contributed by atoms with E-state index in [1.165, 1.54) is 35.1 Å². The van der Waals surface area contributed by atoms with Crippen molar-refractivity contribution in [3.8, 4) is 34.1 Å². The van der Waals surface area contributed by atoms with Crippen LogP contribution in [0, 0.1) is 0 Å². The van der Waals surface area contributed by atoms with Crippen molar-refractivity contribution in [2.45, 2.75) is 51.1 Å². The van der Waals surface area contributed by atoms with Crippen molar-refractivity contribution in [3.63, 3.8) is 0 Å². The molecular formula is C43H55N3O4. The fraction of sp³-hybridized carbons (Fsp3) is 0.442. The Bertz CT molecular complexity index is 1630. The lowest BCUT2D eigenvalue weighted by molar-refractivity contribution is 0.126. The van der Waals surface area contributed by atoms with E-state index in [1.54, 1.807) is 28.4 Å². The second kappa shape index (κ2) is 16.8. The van der Waals surface area contributed by atoms with Gasteiger partial charge in [-0.05, 0) is 91.3 Å². The monoisotopic (exact) mass is 677 g/mol. The molecule has 0 aromatic heterocycles. The molecule has 2 aliphatic heterocycles. The van der Waals surface area contributed by atoms with Crippen molar-refractivity contribution < 1.29 is 18.9 Å². The zero-order valence-electron chi connectivity index (χ0n) is 30.7. The first kappa shape index (κ1) is 35.8. The van der Waals surface area contributed by atoms with Crippen molar-refractivity contribution in [2.75, 3.05) is 74.3 Å². The fourth-order valence-electron chi connectivity index (χ4n) is 8.03. The zero-order valence-corrected chi connectivity index (χ0v) is 30.7. The lowest BCUT2D eigenvalue weighted by Crippen LogP contribution is -2.47. The van der Waals surface area contributed by atoms with Crippen LogP contribution in [0.5, 0.6) is 23.0 Å². The number of fused-ring (bicyclic) bond motifs is 3. The Labute approximate surface area is 299 Å². The number of hydrogen-bond donors (Lipinski definition) is 0. The van der Waals surface area contributed by atoms with Crippen LogP contribution < -0.4 is 18.9 Å². The van der Waals surface area contributed by atoms with Crippen LogP contribution in [0.15, 0.2) is 84.9 Å². The van der Waals surface area contributed by atoms with Gasteiger partial charge >= 0.3 is 0 Å². The first-order valence-corrected chi connectivity index (χ1v) is 18.2. The van der Waals surface area contributed by atoms with Crippen LogP contribution in [0.1, 0.15) is 54.9 Å². The number of methoxy groups -OCH3 is 4. The maximum absolute atomic E-state index is 5.96. The van der Waals surface area contributed by atoms with E-state index < -0.39 is 0 Å². The van der Waals surface area contributed by atoms with Crippen LogP contribution in [0.2, 0.25) is 0 Å². The van der Waals surface area contributed by atoms with E-state index >= 15 is 0 Å². The van der Waals surface area contributed by atoms with Crippen molar-refractivity contribution in [3.05, 3.63) is 107 Å². The molecule has 0 aliphatic carbocycles. The molecule has 1 saturated heterocycles. The van der Waals surface area contributed by atoms with Gasteiger partial charge in [-0.1, -0.05) is 73.7 Å². The maximum atomic E-state index is 5.96. The van der Waals surface area contributed by atoms with E-state index in [2.05, 4.69) is 100 Å². The summed E-state index contributed by atoms with van der Waals surface area (Å²) in [5.74, 6) is 2.91. The standard InChI is InChI=1S/C43H55N3O4/c1-43(35-15-8-6-9-16-35,36-17-10-7-11-18-36)21-14-24-45-27-25-44(26-28-45)22-12-13-23-46-31-33-29-37(47-2)19-20-38(33)40-34(32-46)30-39(48-3)41(49-4)42(40)50-5/h6-11,15-20,29-30H,12-14,21-28,31-32H2,1-5H3. The third-order valence-corrected chi connectivity index (χ3v) is 10.9. The largest absolute Gasteiger partial charge is 0.497 e. The molecular weight excluding hydrogens is 622 g/mol. The molecule has 1 fully saturated rings. The summed E-state index contributed by atoms with van der Waals surface area (Å²) in [5, 5.41) is 0. The minimum Gasteiger partial charge on any atom is -0.497 e. The molecule has 0 unspecified atom stereocenters. The van der Waals surface area contributed by atoms with Gasteiger partial charge in [-0.15, -0.1) is 0 Å². The molecule has 0 amide bonds. The van der Waals surface area contributed by atoms with Gasteiger partial charge in [0.05, 0.1) is 28.4 Å². The van der Waals surface area contributed by atoms with Gasteiger partial charge in [-0.3, -0.25) is 4.90 Å². The third kappa shape index (κ3) is 7.96. The van der Waals surface area contributed by atoms with Crippen molar-refractivity contribution in [2.24, 2.45) is 0 Å². The molecule has 2 heterocycles. The molecule has 6 rings (SSSR count). The quantitative estimate of drug-likeness (QED) is 0.119. The lowest BCUT2D eigenvalue weighted by Gasteiger charge is -2.36. The summed E-state index contributed by atoms with van der Waals surface area (Å²) >= 11 is 0. The van der Waals surface area contributed by atoms with Gasteiger partial charge < -0.3 is 28.7 Å². The zero-order chi connectivity index (χ0) is 34.9. The summed E-state index contributed by atoms with van der Waals surface area (Å²) in [6.45, 7) is 12.0. The van der Waals surface area contributed by atoms with Gasteiger partial charge in [0.2, 0.25) is 5.75 Å². The molecule has 7 nitrogen and oxygen atoms in total. The fourth-order valence-corrected chi connectivity index (χ4v) is 8.03. The molecule has 0 saturated carbocycles. The van der Waals surface area contributed by atoms with Gasteiger partial charge in [0.25, 0.3) is 0 Å². The lowest BCUT2D eigenvalue weighted by atomic mass is 9.73. The van der Waals surface area contributed by atoms with Gasteiger partial charge in [0.1, 0.15) is 5.75 Å². The number of ether oxygens (including phenoxy) is 4. The number of nitrogens with zero attached hydrogens (tertiary/aromatic N) is 3. The Balaban J connectivity index is 1.01. The van der Waals surface area contributed by atoms with E-state index in [-0.39, 0.29) is 5.41 Å². The highest BCUT2D eigenvalue weighted by Gasteiger charge is 2.30. The Hall–Kier alpha value is -4.04. The highest BCUT2D eigenvalue weighted by molar-refractivity contribution is 5.82. The summed E-state index contributed by atoms with van der Waals surface area (Å²) in [6.07, 6.45) is 4.68. The maximum Gasteiger partial charge on any atom is 0.203 e. The number of hydrogen-bond acceptors (Lipinski definition) is 7. The third-order valence-electron chi connectivity index (χ3n) is 10.9. The number of rotatable bonds is 15. The predicted molar refractivity (Wildman–Crippen MR) is 203 cm³/mol. The SMILES string of the molecule is COc1ccc2c(c1)CN(CCCCN1CCN(CCCC(C)(c3ccccc3)c3ccccc3)CC1)Cc1cc(OC)c(OC)c(OC)c1-2. The van der Waals surface area contributed by atoms with Gasteiger partial charge in [0.15, 0.2) is 11.5 Å². The molecule has 0 bridgehead atoms. The van der Waals surface area contributed by atoms with E-state index in [0.717, 1.165) is 94.4 Å². The predicted octanol–water partition coefficient (Wildman–Crippen LogP) is 7.89. The first-order chi connectivity index (χ1) is 24.5. The number of unbranched alkanes of at least 4 members (excludes halogenated alkanes) is 1. The van der Waals surface area contributed by atoms with Gasteiger partial charge in [0, 0.05) is 50.2 Å². The molecule has 0 spiro atoms. The highest BCUT2D eigenvalue weighted by Crippen LogP contribution is 2.49. The molecule has 0 N–H and O–H groups in total. The summed E-state index contributed by atoms with van der Waals surface area (Å²) in [4.78, 5) is 7.88. The van der Waals surface area contributed by atoms with E-state index in [1.807, 2.05) is 6.07 Å². The van der Waals surface area contributed by atoms with Crippen LogP contribution in [0.3, 0.4) is 0 Å². The van der Waals surface area contributed by atoms with Crippen LogP contribution in [0.4, 0.5) is 0 Å². The minimum absolute atomic E-state index is 0.0267. The Kier molecular flexibility index (Phi) is 12.0. The average molecular weight is 678 g/mol. The Morgan fingerprint density at radius 3 is 1.68 bits per heavy atom. The Morgan fingerprint density at radius 1 is 0.560 bits per heavy atom.